The highest BCUT2D eigenvalue weighted by molar-refractivity contribution is 6.85. The Morgan fingerprint density at radius 1 is 0.762 bits per heavy atom. The second-order valence-electron chi connectivity index (χ2n) is 6.42. The molecule has 0 amide bonds. The van der Waals surface area contributed by atoms with Gasteiger partial charge in [0.2, 0.25) is 0 Å². The van der Waals surface area contributed by atoms with Gasteiger partial charge >= 0.3 is 0 Å². The number of hydrogen-bond acceptors (Lipinski definition) is 0. The summed E-state index contributed by atoms with van der Waals surface area (Å²) < 4.78 is 0. The topological polar surface area (TPSA) is 0 Å². The molecule has 0 aliphatic heterocycles. The predicted molar refractivity (Wildman–Crippen MR) is 100 cm³/mol. The first-order valence-electron chi connectivity index (χ1n) is 9.00. The molecule has 0 atom stereocenters. The molecule has 0 radical (unpaired) electrons. The van der Waals surface area contributed by atoms with Crippen LogP contribution in [0.3, 0.4) is 0 Å². The Morgan fingerprint density at radius 2 is 1.24 bits per heavy atom. The Balaban J connectivity index is 2.86. The fourth-order valence-electron chi connectivity index (χ4n) is 3.05. The van der Waals surface area contributed by atoms with Gasteiger partial charge in [0.05, 0.1) is 8.07 Å². The molecule has 118 valence electrons. The van der Waals surface area contributed by atoms with Crippen LogP contribution in [0.4, 0.5) is 0 Å². The number of unbranched alkanes of at least 4 members (excludes halogenated alkanes) is 3. The standard InChI is InChI=1S/C20H34Si/c1-4-7-16-21(17-8-5-2,18-9-6-3)19-15-20-13-11-10-12-14-20/h10-15,19H,4-9,16-18H2,1-3H3/b19-15-. The summed E-state index contributed by atoms with van der Waals surface area (Å²) >= 11 is 0. The van der Waals surface area contributed by atoms with E-state index in [1.807, 2.05) is 0 Å². The molecule has 0 saturated heterocycles. The van der Waals surface area contributed by atoms with Gasteiger partial charge in [-0.25, -0.2) is 0 Å². The van der Waals surface area contributed by atoms with Crippen LogP contribution in [-0.4, -0.2) is 8.07 Å². The van der Waals surface area contributed by atoms with E-state index in [1.54, 1.807) is 0 Å². The first kappa shape index (κ1) is 18.2. The van der Waals surface area contributed by atoms with E-state index < -0.39 is 8.07 Å². The molecule has 1 heteroatoms. The van der Waals surface area contributed by atoms with Crippen LogP contribution in [0.15, 0.2) is 36.0 Å². The zero-order valence-electron chi connectivity index (χ0n) is 14.4. The molecule has 0 fully saturated rings. The largest absolute Gasteiger partial charge is 0.0936 e. The molecule has 0 nitrogen and oxygen atoms in total. The Morgan fingerprint density at radius 3 is 1.67 bits per heavy atom. The quantitative estimate of drug-likeness (QED) is 0.383. The molecule has 1 rings (SSSR count). The molecule has 0 spiro atoms. The van der Waals surface area contributed by atoms with Crippen LogP contribution in [0, 0.1) is 0 Å². The van der Waals surface area contributed by atoms with Crippen molar-refractivity contribution in [2.75, 3.05) is 0 Å². The lowest BCUT2D eigenvalue weighted by Crippen LogP contribution is -2.31. The molecule has 0 saturated carbocycles. The van der Waals surface area contributed by atoms with Crippen LogP contribution < -0.4 is 0 Å². The summed E-state index contributed by atoms with van der Waals surface area (Å²) in [5.41, 5.74) is 4.06. The van der Waals surface area contributed by atoms with Gasteiger partial charge in [0.15, 0.2) is 0 Å². The van der Waals surface area contributed by atoms with Crippen molar-refractivity contribution in [2.24, 2.45) is 0 Å². The van der Waals surface area contributed by atoms with Gasteiger partial charge in [0.1, 0.15) is 0 Å². The van der Waals surface area contributed by atoms with Crippen molar-refractivity contribution in [3.63, 3.8) is 0 Å². The van der Waals surface area contributed by atoms with E-state index >= 15 is 0 Å². The maximum Gasteiger partial charge on any atom is 0.0778 e. The second-order valence-corrected chi connectivity index (χ2v) is 11.0. The molecule has 0 aliphatic carbocycles. The monoisotopic (exact) mass is 302 g/mol. The molecule has 0 heterocycles. The third-order valence-corrected chi connectivity index (χ3v) is 9.44. The molecule has 0 bridgehead atoms. The summed E-state index contributed by atoms with van der Waals surface area (Å²) in [7, 11) is -1.22. The molecule has 0 N–H and O–H groups in total. The van der Waals surface area contributed by atoms with Crippen molar-refractivity contribution in [3.8, 4) is 0 Å². The van der Waals surface area contributed by atoms with E-state index in [1.165, 1.54) is 62.2 Å². The normalized spacial score (nSPS) is 12.1. The fourth-order valence-corrected chi connectivity index (χ4v) is 8.02. The first-order valence-corrected chi connectivity index (χ1v) is 11.7. The van der Waals surface area contributed by atoms with Crippen molar-refractivity contribution in [2.45, 2.75) is 77.4 Å². The van der Waals surface area contributed by atoms with Gasteiger partial charge < -0.3 is 0 Å². The minimum absolute atomic E-state index is 1.22. The van der Waals surface area contributed by atoms with Crippen LogP contribution in [0.1, 0.15) is 64.9 Å². The molecule has 0 aromatic heterocycles. The zero-order valence-corrected chi connectivity index (χ0v) is 15.4. The summed E-state index contributed by atoms with van der Waals surface area (Å²) in [6.45, 7) is 7.00. The summed E-state index contributed by atoms with van der Waals surface area (Å²) in [5.74, 6) is 0. The second kappa shape index (κ2) is 10.8. The Labute approximate surface area is 133 Å². The zero-order chi connectivity index (χ0) is 15.4. The van der Waals surface area contributed by atoms with Crippen molar-refractivity contribution >= 4 is 14.1 Å². The summed E-state index contributed by atoms with van der Waals surface area (Å²) in [4.78, 5) is 0. The maximum absolute atomic E-state index is 2.68. The van der Waals surface area contributed by atoms with Crippen LogP contribution in [0.25, 0.3) is 6.08 Å². The van der Waals surface area contributed by atoms with E-state index in [0.717, 1.165) is 0 Å². The van der Waals surface area contributed by atoms with Crippen LogP contribution in [-0.2, 0) is 0 Å². The molecule has 0 aliphatic rings. The molecular weight excluding hydrogens is 268 g/mol. The van der Waals surface area contributed by atoms with Crippen LogP contribution in [0.2, 0.25) is 18.1 Å². The average molecular weight is 303 g/mol. The summed E-state index contributed by atoms with van der Waals surface area (Å²) in [6.07, 6.45) is 10.7. The third-order valence-electron chi connectivity index (χ3n) is 4.51. The van der Waals surface area contributed by atoms with Gasteiger partial charge in [-0.2, -0.15) is 0 Å². The third kappa shape index (κ3) is 7.13. The van der Waals surface area contributed by atoms with Crippen molar-refractivity contribution in [3.05, 3.63) is 41.6 Å². The number of rotatable bonds is 11. The van der Waals surface area contributed by atoms with E-state index in [9.17, 15) is 0 Å². The first-order chi connectivity index (χ1) is 10.3. The highest BCUT2D eigenvalue weighted by atomic mass is 28.3. The number of hydrogen-bond donors (Lipinski definition) is 0. The lowest BCUT2D eigenvalue weighted by molar-refractivity contribution is 0.800. The van der Waals surface area contributed by atoms with Crippen molar-refractivity contribution < 1.29 is 0 Å². The fraction of sp³-hybridized carbons (Fsp3) is 0.600. The van der Waals surface area contributed by atoms with Gasteiger partial charge in [-0.05, 0) is 5.56 Å². The maximum atomic E-state index is 2.68. The van der Waals surface area contributed by atoms with Crippen molar-refractivity contribution in [1.29, 1.82) is 0 Å². The molecular formula is C20H34Si. The minimum atomic E-state index is -1.22. The summed E-state index contributed by atoms with van der Waals surface area (Å²) in [6, 6.07) is 15.3. The predicted octanol–water partition coefficient (Wildman–Crippen LogP) is 7.09. The average Bonchev–Trinajstić information content (AvgIpc) is 2.54. The van der Waals surface area contributed by atoms with Gasteiger partial charge in [-0.1, -0.05) is 120 Å². The van der Waals surface area contributed by atoms with Gasteiger partial charge in [-0.3, -0.25) is 0 Å². The van der Waals surface area contributed by atoms with Gasteiger partial charge in [0, 0.05) is 0 Å². The smallest absolute Gasteiger partial charge is 0.0778 e. The lowest BCUT2D eigenvalue weighted by atomic mass is 10.2. The highest BCUT2D eigenvalue weighted by Crippen LogP contribution is 2.30. The Hall–Kier alpha value is -0.823. The van der Waals surface area contributed by atoms with E-state index in [0.29, 0.717) is 0 Å². The highest BCUT2D eigenvalue weighted by Gasteiger charge is 2.27. The minimum Gasteiger partial charge on any atom is -0.0936 e. The molecule has 21 heavy (non-hydrogen) atoms. The van der Waals surface area contributed by atoms with Gasteiger partial charge in [0.25, 0.3) is 0 Å². The van der Waals surface area contributed by atoms with E-state index in [2.05, 4.69) is 62.9 Å². The van der Waals surface area contributed by atoms with Gasteiger partial charge in [-0.15, -0.1) is 0 Å². The Kier molecular flexibility index (Phi) is 9.41. The SMILES string of the molecule is CCCC[Si](/C=C\c1ccccc1)(CCCC)CCCC. The van der Waals surface area contributed by atoms with E-state index in [4.69, 9.17) is 0 Å². The van der Waals surface area contributed by atoms with Crippen LogP contribution >= 0.6 is 0 Å². The van der Waals surface area contributed by atoms with E-state index in [-0.39, 0.29) is 0 Å². The molecule has 1 aromatic carbocycles. The molecule has 1 aromatic rings. The van der Waals surface area contributed by atoms with Crippen LogP contribution in [0.5, 0.6) is 0 Å². The Bertz CT molecular complexity index is 358. The lowest BCUT2D eigenvalue weighted by Gasteiger charge is -2.29. The number of benzene rings is 1. The van der Waals surface area contributed by atoms with Crippen molar-refractivity contribution in [1.82, 2.24) is 0 Å². The summed E-state index contributed by atoms with van der Waals surface area (Å²) in [5, 5.41) is 0. The molecule has 0 unspecified atom stereocenters.